The largest absolute Gasteiger partial charge is 0.435 e. The number of aromatic nitrogens is 2. The van der Waals surface area contributed by atoms with Gasteiger partial charge in [-0.25, -0.2) is 17.7 Å². The molecule has 10 heteroatoms. The molecule has 0 atom stereocenters. The highest BCUT2D eigenvalue weighted by molar-refractivity contribution is 7.98. The quantitative estimate of drug-likeness (QED) is 0.270. The molecule has 1 aliphatic carbocycles. The number of nitrogens with zero attached hydrogens (tertiary/aromatic N) is 3. The lowest BCUT2D eigenvalue weighted by molar-refractivity contribution is -0.0503. The average molecular weight is 524 g/mol. The molecule has 4 rings (SSSR count). The second kappa shape index (κ2) is 11.3. The van der Waals surface area contributed by atoms with Crippen LogP contribution in [0.15, 0.2) is 52.5 Å². The van der Waals surface area contributed by atoms with E-state index in [4.69, 9.17) is 4.98 Å². The Morgan fingerprint density at radius 1 is 1.20 bits per heavy atom. The van der Waals surface area contributed by atoms with E-state index in [0.717, 1.165) is 49.2 Å². The third-order valence-corrected chi connectivity index (χ3v) is 9.25. The normalized spacial score (nSPS) is 15.0. The summed E-state index contributed by atoms with van der Waals surface area (Å²) in [5.74, 6) is 0.561. The Morgan fingerprint density at radius 3 is 2.66 bits per heavy atom. The number of thioether (sulfide) groups is 1. The fourth-order valence-electron chi connectivity index (χ4n) is 4.49. The van der Waals surface area contributed by atoms with Crippen LogP contribution in [0.3, 0.4) is 0 Å². The van der Waals surface area contributed by atoms with Gasteiger partial charge in [0.05, 0.1) is 15.9 Å². The Hall–Kier alpha value is -2.17. The van der Waals surface area contributed by atoms with Crippen LogP contribution in [0.4, 0.5) is 8.78 Å². The summed E-state index contributed by atoms with van der Waals surface area (Å²) in [5, 5.41) is 0.757. The van der Waals surface area contributed by atoms with Gasteiger partial charge >= 0.3 is 6.61 Å². The van der Waals surface area contributed by atoms with Crippen LogP contribution in [0.1, 0.15) is 57.1 Å². The Bertz CT molecular complexity index is 1260. The zero-order chi connectivity index (χ0) is 25.0. The van der Waals surface area contributed by atoms with Crippen LogP contribution in [0.5, 0.6) is 5.75 Å². The van der Waals surface area contributed by atoms with Crippen LogP contribution < -0.4 is 4.74 Å². The topological polar surface area (TPSA) is 64.4 Å². The summed E-state index contributed by atoms with van der Waals surface area (Å²) in [5.41, 5.74) is 2.18. The maximum Gasteiger partial charge on any atom is 0.387 e. The molecule has 0 unspecified atom stereocenters. The minimum absolute atomic E-state index is 0.155. The number of para-hydroxylation sites is 1. The van der Waals surface area contributed by atoms with E-state index < -0.39 is 16.6 Å². The SMILES string of the molecule is CCCCN(C)S(=O)(=O)c1ccc2c(c1)nc(SCc1ccccc1OC(F)F)n2C1CCCC1. The Kier molecular flexibility index (Phi) is 8.34. The molecule has 0 saturated heterocycles. The molecule has 1 aromatic heterocycles. The zero-order valence-corrected chi connectivity index (χ0v) is 21.6. The van der Waals surface area contributed by atoms with E-state index in [0.29, 0.717) is 23.4 Å². The van der Waals surface area contributed by atoms with Crippen molar-refractivity contribution in [2.75, 3.05) is 13.6 Å². The van der Waals surface area contributed by atoms with E-state index in [1.165, 1.54) is 22.1 Å². The number of unbranched alkanes of at least 4 members (excludes halogenated alkanes) is 1. The lowest BCUT2D eigenvalue weighted by Crippen LogP contribution is -2.27. The van der Waals surface area contributed by atoms with Gasteiger partial charge in [-0.3, -0.25) is 0 Å². The average Bonchev–Trinajstić information content (AvgIpc) is 3.48. The fraction of sp³-hybridized carbons (Fsp3) is 0.480. The number of benzene rings is 2. The van der Waals surface area contributed by atoms with Crippen LogP contribution in [0.2, 0.25) is 0 Å². The molecular formula is C25H31F2N3O3S2. The standard InChI is InChI=1S/C25H31F2N3O3S2/c1-3-4-15-29(2)35(31,32)20-13-14-22-21(16-20)28-25(30(22)19-10-6-7-11-19)34-17-18-9-5-8-12-23(18)33-24(26)27/h5,8-9,12-14,16,19,24H,3-4,6-7,10-11,15,17H2,1-2H3. The fourth-order valence-corrected chi connectivity index (χ4v) is 6.79. The Labute approximate surface area is 209 Å². The molecular weight excluding hydrogens is 492 g/mol. The summed E-state index contributed by atoms with van der Waals surface area (Å²) in [4.78, 5) is 5.04. The van der Waals surface area contributed by atoms with Crippen molar-refractivity contribution < 1.29 is 21.9 Å². The van der Waals surface area contributed by atoms with Crippen LogP contribution in [-0.2, 0) is 15.8 Å². The monoisotopic (exact) mass is 523 g/mol. The molecule has 1 heterocycles. The number of sulfonamides is 1. The molecule has 1 aliphatic rings. The molecule has 6 nitrogen and oxygen atoms in total. The molecule has 0 spiro atoms. The van der Waals surface area contributed by atoms with Gasteiger partial charge in [-0.05, 0) is 43.5 Å². The van der Waals surface area contributed by atoms with Crippen molar-refractivity contribution in [3.05, 3.63) is 48.0 Å². The number of fused-ring (bicyclic) bond motifs is 1. The molecule has 2 aromatic carbocycles. The van der Waals surface area contributed by atoms with Crippen molar-refractivity contribution in [2.24, 2.45) is 0 Å². The highest BCUT2D eigenvalue weighted by Crippen LogP contribution is 2.38. The molecule has 35 heavy (non-hydrogen) atoms. The van der Waals surface area contributed by atoms with Gasteiger partial charge in [-0.15, -0.1) is 0 Å². The van der Waals surface area contributed by atoms with Crippen LogP contribution in [0, 0.1) is 0 Å². The lowest BCUT2D eigenvalue weighted by Gasteiger charge is -2.18. The molecule has 0 radical (unpaired) electrons. The second-order valence-electron chi connectivity index (χ2n) is 8.81. The number of imidazole rings is 1. The van der Waals surface area contributed by atoms with Crippen molar-refractivity contribution in [3.8, 4) is 5.75 Å². The van der Waals surface area contributed by atoms with E-state index in [-0.39, 0.29) is 16.7 Å². The minimum Gasteiger partial charge on any atom is -0.435 e. The van der Waals surface area contributed by atoms with Crippen LogP contribution in [0.25, 0.3) is 11.0 Å². The van der Waals surface area contributed by atoms with Gasteiger partial charge in [0.2, 0.25) is 10.0 Å². The zero-order valence-electron chi connectivity index (χ0n) is 20.0. The first-order valence-corrected chi connectivity index (χ1v) is 14.4. The van der Waals surface area contributed by atoms with Gasteiger partial charge in [-0.2, -0.15) is 8.78 Å². The van der Waals surface area contributed by atoms with Gasteiger partial charge in [0.15, 0.2) is 5.16 Å². The van der Waals surface area contributed by atoms with E-state index in [9.17, 15) is 17.2 Å². The summed E-state index contributed by atoms with van der Waals surface area (Å²) in [6, 6.07) is 12.2. The highest BCUT2D eigenvalue weighted by atomic mass is 32.2. The maximum atomic E-state index is 13.1. The minimum atomic E-state index is -3.61. The summed E-state index contributed by atoms with van der Waals surface area (Å²) in [6.07, 6.45) is 6.04. The van der Waals surface area contributed by atoms with E-state index >= 15 is 0 Å². The molecule has 0 amide bonds. The predicted molar refractivity (Wildman–Crippen MR) is 135 cm³/mol. The number of rotatable bonds is 11. The molecule has 0 bridgehead atoms. The summed E-state index contributed by atoms with van der Waals surface area (Å²) >= 11 is 1.45. The first-order valence-electron chi connectivity index (χ1n) is 11.9. The van der Waals surface area contributed by atoms with Crippen LogP contribution in [-0.4, -0.2) is 42.5 Å². The van der Waals surface area contributed by atoms with Crippen molar-refractivity contribution in [1.29, 1.82) is 0 Å². The van der Waals surface area contributed by atoms with Crippen molar-refractivity contribution in [1.82, 2.24) is 13.9 Å². The Balaban J connectivity index is 1.67. The summed E-state index contributed by atoms with van der Waals surface area (Å²) in [7, 11) is -2.00. The number of alkyl halides is 2. The van der Waals surface area contributed by atoms with Gasteiger partial charge in [0.1, 0.15) is 5.75 Å². The number of ether oxygens (including phenoxy) is 1. The molecule has 3 aromatic rings. The van der Waals surface area contributed by atoms with Gasteiger partial charge < -0.3 is 9.30 Å². The molecule has 1 fully saturated rings. The first kappa shape index (κ1) is 25.9. The maximum absolute atomic E-state index is 13.1. The molecule has 190 valence electrons. The second-order valence-corrected chi connectivity index (χ2v) is 11.8. The third-order valence-electron chi connectivity index (χ3n) is 6.40. The van der Waals surface area contributed by atoms with Crippen LogP contribution >= 0.6 is 11.8 Å². The van der Waals surface area contributed by atoms with E-state index in [2.05, 4.69) is 9.30 Å². The molecule has 1 saturated carbocycles. The van der Waals surface area contributed by atoms with Gasteiger partial charge in [-0.1, -0.05) is 56.1 Å². The van der Waals surface area contributed by atoms with Crippen molar-refractivity contribution in [3.63, 3.8) is 0 Å². The van der Waals surface area contributed by atoms with E-state index in [1.54, 1.807) is 37.4 Å². The van der Waals surface area contributed by atoms with Gasteiger partial charge in [0, 0.05) is 31.0 Å². The smallest absolute Gasteiger partial charge is 0.387 e. The third kappa shape index (κ3) is 5.81. The summed E-state index contributed by atoms with van der Waals surface area (Å²) in [6.45, 7) is -0.395. The van der Waals surface area contributed by atoms with Crippen molar-refractivity contribution in [2.45, 2.75) is 73.9 Å². The molecule has 0 aliphatic heterocycles. The molecule has 0 N–H and O–H groups in total. The first-order chi connectivity index (χ1) is 16.8. The number of hydrogen-bond acceptors (Lipinski definition) is 5. The number of hydrogen-bond donors (Lipinski definition) is 0. The Morgan fingerprint density at radius 2 is 1.94 bits per heavy atom. The summed E-state index contributed by atoms with van der Waals surface area (Å²) < 4.78 is 60.1. The predicted octanol–water partition coefficient (Wildman–Crippen LogP) is 6.47. The lowest BCUT2D eigenvalue weighted by atomic mass is 10.2. The number of halogens is 2. The highest BCUT2D eigenvalue weighted by Gasteiger charge is 2.26. The van der Waals surface area contributed by atoms with E-state index in [1.807, 2.05) is 13.0 Å². The van der Waals surface area contributed by atoms with Gasteiger partial charge in [0.25, 0.3) is 0 Å². The van der Waals surface area contributed by atoms with Crippen molar-refractivity contribution >= 4 is 32.8 Å².